The number of likely N-dealkylation sites (tertiary alicyclic amines) is 1. The van der Waals surface area contributed by atoms with Gasteiger partial charge in [0.1, 0.15) is 0 Å². The standard InChI is InChI=1S/C17H22N4O2/c1-12-4-5-15-14(9-12)17(23)21(11-19-15)8-7-20-6-2-3-13(10-20)16(18)22/h4-5,9,11,13H,2-3,6-8,10H2,1H3,(H2,18,22). The van der Waals surface area contributed by atoms with Crippen molar-refractivity contribution in [2.24, 2.45) is 11.7 Å². The number of hydrogen-bond donors (Lipinski definition) is 1. The lowest BCUT2D eigenvalue weighted by atomic mass is 9.97. The lowest BCUT2D eigenvalue weighted by Gasteiger charge is -2.31. The molecule has 122 valence electrons. The fourth-order valence-electron chi connectivity index (χ4n) is 3.17. The van der Waals surface area contributed by atoms with Gasteiger partial charge in [0.25, 0.3) is 5.56 Å². The number of aryl methyl sites for hydroxylation is 1. The first-order valence-electron chi connectivity index (χ1n) is 8.02. The summed E-state index contributed by atoms with van der Waals surface area (Å²) in [7, 11) is 0. The third kappa shape index (κ3) is 3.42. The minimum absolute atomic E-state index is 0.0119. The van der Waals surface area contributed by atoms with E-state index >= 15 is 0 Å². The van der Waals surface area contributed by atoms with Gasteiger partial charge in [-0.05, 0) is 38.4 Å². The third-order valence-corrected chi connectivity index (χ3v) is 4.54. The Morgan fingerprint density at radius 1 is 1.39 bits per heavy atom. The molecule has 0 bridgehead atoms. The maximum Gasteiger partial charge on any atom is 0.261 e. The summed E-state index contributed by atoms with van der Waals surface area (Å²) in [6, 6.07) is 5.71. The second kappa shape index (κ2) is 6.50. The molecule has 2 heterocycles. The molecule has 6 nitrogen and oxygen atoms in total. The molecule has 1 unspecified atom stereocenters. The number of primary amides is 1. The van der Waals surface area contributed by atoms with Gasteiger partial charge in [0.05, 0.1) is 23.1 Å². The van der Waals surface area contributed by atoms with Crippen LogP contribution in [0, 0.1) is 12.8 Å². The van der Waals surface area contributed by atoms with Crippen molar-refractivity contribution in [1.29, 1.82) is 0 Å². The van der Waals surface area contributed by atoms with Crippen molar-refractivity contribution in [2.45, 2.75) is 26.3 Å². The molecule has 0 radical (unpaired) electrons. The van der Waals surface area contributed by atoms with E-state index in [0.717, 1.165) is 37.0 Å². The average Bonchev–Trinajstić information content (AvgIpc) is 2.55. The monoisotopic (exact) mass is 314 g/mol. The maximum absolute atomic E-state index is 12.6. The quantitative estimate of drug-likeness (QED) is 0.909. The number of hydrogen-bond acceptors (Lipinski definition) is 4. The first-order valence-corrected chi connectivity index (χ1v) is 8.02. The van der Waals surface area contributed by atoms with Crippen LogP contribution in [0.15, 0.2) is 29.3 Å². The van der Waals surface area contributed by atoms with E-state index in [1.807, 2.05) is 25.1 Å². The van der Waals surface area contributed by atoms with Crippen LogP contribution in [0.3, 0.4) is 0 Å². The number of carbonyl (C=O) groups excluding carboxylic acids is 1. The highest BCUT2D eigenvalue weighted by molar-refractivity contribution is 5.78. The van der Waals surface area contributed by atoms with E-state index in [-0.39, 0.29) is 17.4 Å². The number of carbonyl (C=O) groups is 1. The Hall–Kier alpha value is -2.21. The van der Waals surface area contributed by atoms with Crippen molar-refractivity contribution >= 4 is 16.8 Å². The average molecular weight is 314 g/mol. The van der Waals surface area contributed by atoms with Gasteiger partial charge >= 0.3 is 0 Å². The molecule has 1 aliphatic heterocycles. The normalized spacial score (nSPS) is 19.1. The number of rotatable bonds is 4. The molecule has 23 heavy (non-hydrogen) atoms. The molecule has 2 N–H and O–H groups in total. The van der Waals surface area contributed by atoms with Crippen LogP contribution in [0.4, 0.5) is 0 Å². The van der Waals surface area contributed by atoms with Crippen molar-refractivity contribution < 1.29 is 4.79 Å². The molecule has 1 amide bonds. The largest absolute Gasteiger partial charge is 0.369 e. The van der Waals surface area contributed by atoms with Crippen LogP contribution in [0.1, 0.15) is 18.4 Å². The molecule has 1 aromatic carbocycles. The van der Waals surface area contributed by atoms with Crippen molar-refractivity contribution in [3.8, 4) is 0 Å². The van der Waals surface area contributed by atoms with Gasteiger partial charge in [0.15, 0.2) is 0 Å². The van der Waals surface area contributed by atoms with Gasteiger partial charge in [-0.1, -0.05) is 11.6 Å². The molecule has 3 rings (SSSR count). The van der Waals surface area contributed by atoms with Crippen LogP contribution >= 0.6 is 0 Å². The minimum Gasteiger partial charge on any atom is -0.369 e. The van der Waals surface area contributed by atoms with Crippen LogP contribution in [0.2, 0.25) is 0 Å². The highest BCUT2D eigenvalue weighted by Crippen LogP contribution is 2.15. The highest BCUT2D eigenvalue weighted by Gasteiger charge is 2.23. The molecular weight excluding hydrogens is 292 g/mol. The smallest absolute Gasteiger partial charge is 0.261 e. The lowest BCUT2D eigenvalue weighted by molar-refractivity contribution is -0.123. The summed E-state index contributed by atoms with van der Waals surface area (Å²) >= 11 is 0. The number of piperidine rings is 1. The Morgan fingerprint density at radius 3 is 3.00 bits per heavy atom. The van der Waals surface area contributed by atoms with Gasteiger partial charge in [0, 0.05) is 19.6 Å². The molecule has 0 aliphatic carbocycles. The zero-order chi connectivity index (χ0) is 16.4. The molecule has 1 atom stereocenters. The van der Waals surface area contributed by atoms with E-state index in [9.17, 15) is 9.59 Å². The number of nitrogens with two attached hydrogens (primary N) is 1. The van der Waals surface area contributed by atoms with Crippen molar-refractivity contribution in [3.63, 3.8) is 0 Å². The summed E-state index contributed by atoms with van der Waals surface area (Å²) in [5.74, 6) is -0.299. The van der Waals surface area contributed by atoms with Crippen molar-refractivity contribution in [2.75, 3.05) is 19.6 Å². The van der Waals surface area contributed by atoms with E-state index in [4.69, 9.17) is 5.73 Å². The Balaban J connectivity index is 1.73. The number of aromatic nitrogens is 2. The molecule has 1 aliphatic rings. The summed E-state index contributed by atoms with van der Waals surface area (Å²) < 4.78 is 1.65. The molecule has 2 aromatic rings. The van der Waals surface area contributed by atoms with Crippen LogP contribution in [0.5, 0.6) is 0 Å². The van der Waals surface area contributed by atoms with E-state index in [1.165, 1.54) is 0 Å². The van der Waals surface area contributed by atoms with Crippen molar-refractivity contribution in [1.82, 2.24) is 14.5 Å². The first-order chi connectivity index (χ1) is 11.0. The molecule has 1 fully saturated rings. The first kappa shape index (κ1) is 15.7. The second-order valence-electron chi connectivity index (χ2n) is 6.31. The summed E-state index contributed by atoms with van der Waals surface area (Å²) in [5.41, 5.74) is 7.17. The van der Waals surface area contributed by atoms with Crippen molar-refractivity contribution in [3.05, 3.63) is 40.4 Å². The molecule has 1 saturated heterocycles. The van der Waals surface area contributed by atoms with Crippen LogP contribution in [0.25, 0.3) is 10.9 Å². The molecule has 0 saturated carbocycles. The zero-order valence-electron chi connectivity index (χ0n) is 13.4. The zero-order valence-corrected chi connectivity index (χ0v) is 13.4. The topological polar surface area (TPSA) is 81.2 Å². The van der Waals surface area contributed by atoms with Gasteiger partial charge in [-0.2, -0.15) is 0 Å². The Kier molecular flexibility index (Phi) is 4.43. The highest BCUT2D eigenvalue weighted by atomic mass is 16.1. The number of fused-ring (bicyclic) bond motifs is 1. The van der Waals surface area contributed by atoms with E-state index in [0.29, 0.717) is 18.5 Å². The Morgan fingerprint density at radius 2 is 2.22 bits per heavy atom. The minimum atomic E-state index is -0.227. The van der Waals surface area contributed by atoms with Gasteiger partial charge < -0.3 is 10.6 Å². The van der Waals surface area contributed by atoms with Gasteiger partial charge in [-0.15, -0.1) is 0 Å². The number of nitrogens with zero attached hydrogens (tertiary/aromatic N) is 3. The predicted molar refractivity (Wildman–Crippen MR) is 89.1 cm³/mol. The van der Waals surface area contributed by atoms with Gasteiger partial charge in [0.2, 0.25) is 5.91 Å². The Labute approximate surface area is 134 Å². The molecule has 6 heteroatoms. The molecule has 1 aromatic heterocycles. The third-order valence-electron chi connectivity index (χ3n) is 4.54. The lowest BCUT2D eigenvalue weighted by Crippen LogP contribution is -2.42. The van der Waals surface area contributed by atoms with E-state index < -0.39 is 0 Å². The summed E-state index contributed by atoms with van der Waals surface area (Å²) in [5, 5.41) is 0.654. The van der Waals surface area contributed by atoms with Crippen LogP contribution < -0.4 is 11.3 Å². The van der Waals surface area contributed by atoms with E-state index in [2.05, 4.69) is 9.88 Å². The predicted octanol–water partition coefficient (Wildman–Crippen LogP) is 0.902. The maximum atomic E-state index is 12.6. The fourth-order valence-corrected chi connectivity index (χ4v) is 3.17. The summed E-state index contributed by atoms with van der Waals surface area (Å²) in [6.07, 6.45) is 3.44. The Bertz CT molecular complexity index is 784. The second-order valence-corrected chi connectivity index (χ2v) is 6.31. The van der Waals surface area contributed by atoms with Crippen LogP contribution in [-0.2, 0) is 11.3 Å². The van der Waals surface area contributed by atoms with Gasteiger partial charge in [-0.25, -0.2) is 4.98 Å². The van der Waals surface area contributed by atoms with Gasteiger partial charge in [-0.3, -0.25) is 14.2 Å². The molecular formula is C17H22N4O2. The molecule has 0 spiro atoms. The fraction of sp³-hybridized carbons (Fsp3) is 0.471. The summed E-state index contributed by atoms with van der Waals surface area (Å²) in [6.45, 7) is 4.89. The van der Waals surface area contributed by atoms with E-state index in [1.54, 1.807) is 10.9 Å². The van der Waals surface area contributed by atoms with Crippen LogP contribution in [-0.4, -0.2) is 40.0 Å². The SMILES string of the molecule is Cc1ccc2ncn(CCN3CCCC(C(N)=O)C3)c(=O)c2c1. The number of benzene rings is 1. The summed E-state index contributed by atoms with van der Waals surface area (Å²) in [4.78, 5) is 30.5. The number of amides is 1.